The lowest BCUT2D eigenvalue weighted by Gasteiger charge is -2.34. The van der Waals surface area contributed by atoms with E-state index >= 15 is 0 Å². The highest BCUT2D eigenvalue weighted by Gasteiger charge is 2.30. The predicted octanol–water partition coefficient (Wildman–Crippen LogP) is 0.0805. The molecule has 3 rings (SSSR count). The molecule has 0 radical (unpaired) electrons. The Bertz CT molecular complexity index is 438. The quantitative estimate of drug-likeness (QED) is 0.828. The lowest BCUT2D eigenvalue weighted by atomic mass is 10.0. The highest BCUT2D eigenvalue weighted by Crippen LogP contribution is 2.20. The summed E-state index contributed by atoms with van der Waals surface area (Å²) < 4.78 is 1.94. The minimum atomic E-state index is 0.414. The van der Waals surface area contributed by atoms with Crippen LogP contribution < -0.4 is 5.73 Å². The molecule has 0 bridgehead atoms. The van der Waals surface area contributed by atoms with Gasteiger partial charge in [-0.2, -0.15) is 0 Å². The molecule has 7 heteroatoms. The summed E-state index contributed by atoms with van der Waals surface area (Å²) in [6, 6.07) is 1.10. The van der Waals surface area contributed by atoms with Crippen molar-refractivity contribution in [1.29, 1.82) is 0 Å². The van der Waals surface area contributed by atoms with Gasteiger partial charge in [-0.15, -0.1) is 5.10 Å². The fourth-order valence-electron chi connectivity index (χ4n) is 3.46. The molecule has 2 aliphatic rings. The Morgan fingerprint density at radius 1 is 1.19 bits per heavy atom. The summed E-state index contributed by atoms with van der Waals surface area (Å²) >= 11 is 0. The minimum Gasteiger partial charge on any atom is -0.328 e. The highest BCUT2D eigenvalue weighted by molar-refractivity contribution is 4.90. The lowest BCUT2D eigenvalue weighted by molar-refractivity contribution is 0.151. The Balaban J connectivity index is 1.51. The van der Waals surface area contributed by atoms with Crippen LogP contribution in [0.25, 0.3) is 0 Å². The second-order valence-electron chi connectivity index (χ2n) is 6.37. The van der Waals surface area contributed by atoms with Gasteiger partial charge < -0.3 is 5.73 Å². The maximum Gasteiger partial charge on any atom is 0.165 e. The van der Waals surface area contributed by atoms with Crippen molar-refractivity contribution in [2.24, 2.45) is 5.73 Å². The first-order valence-corrected chi connectivity index (χ1v) is 8.23. The summed E-state index contributed by atoms with van der Waals surface area (Å²) in [5.74, 6) is 0.998. The lowest BCUT2D eigenvalue weighted by Crippen LogP contribution is -2.46. The van der Waals surface area contributed by atoms with Crippen LogP contribution in [0.2, 0.25) is 0 Å². The number of likely N-dealkylation sites (tertiary alicyclic amines) is 2. The molecule has 0 saturated carbocycles. The zero-order valence-corrected chi connectivity index (χ0v) is 13.0. The van der Waals surface area contributed by atoms with Crippen LogP contribution in [0, 0.1) is 0 Å². The zero-order valence-electron chi connectivity index (χ0n) is 13.0. The molecule has 0 amide bonds. The fourth-order valence-corrected chi connectivity index (χ4v) is 3.46. The molecule has 1 unspecified atom stereocenters. The van der Waals surface area contributed by atoms with Crippen molar-refractivity contribution in [2.45, 2.75) is 57.8 Å². The van der Waals surface area contributed by atoms with E-state index in [1.807, 2.05) is 4.68 Å². The third-order valence-electron chi connectivity index (χ3n) is 4.74. The van der Waals surface area contributed by atoms with E-state index in [9.17, 15) is 0 Å². The van der Waals surface area contributed by atoms with Gasteiger partial charge in [0.25, 0.3) is 0 Å². The van der Waals surface area contributed by atoms with Crippen LogP contribution in [0.1, 0.15) is 38.4 Å². The van der Waals surface area contributed by atoms with Crippen LogP contribution in [0.4, 0.5) is 0 Å². The second-order valence-corrected chi connectivity index (χ2v) is 6.37. The van der Waals surface area contributed by atoms with Gasteiger partial charge in [0.1, 0.15) is 0 Å². The van der Waals surface area contributed by atoms with E-state index in [1.54, 1.807) is 0 Å². The van der Waals surface area contributed by atoms with Crippen molar-refractivity contribution in [3.05, 3.63) is 5.82 Å². The average molecular weight is 293 g/mol. The number of nitrogens with zero attached hydrogens (tertiary/aromatic N) is 6. The van der Waals surface area contributed by atoms with Gasteiger partial charge in [0, 0.05) is 31.7 Å². The van der Waals surface area contributed by atoms with Gasteiger partial charge in [-0.3, -0.25) is 9.80 Å². The Morgan fingerprint density at radius 2 is 2.00 bits per heavy atom. The smallest absolute Gasteiger partial charge is 0.165 e. The van der Waals surface area contributed by atoms with Gasteiger partial charge in [0.05, 0.1) is 6.54 Å². The number of nitrogens with two attached hydrogens (primary N) is 1. The molecule has 1 atom stereocenters. The van der Waals surface area contributed by atoms with Gasteiger partial charge in [-0.1, -0.05) is 6.92 Å². The molecular formula is C14H27N7. The van der Waals surface area contributed by atoms with Crippen LogP contribution in [0.5, 0.6) is 0 Å². The molecular weight excluding hydrogens is 266 g/mol. The zero-order chi connectivity index (χ0) is 14.7. The fraction of sp³-hybridized carbons (Fsp3) is 0.929. The molecule has 0 aromatic carbocycles. The standard InChI is InChI=1S/C14H27N7/c1-2-6-21-14(16-17-18-21)11-19-7-5-13(10-19)20-8-3-12(15)4-9-20/h12-13H,2-11,15H2,1H3. The molecule has 7 nitrogen and oxygen atoms in total. The predicted molar refractivity (Wildman–Crippen MR) is 80.6 cm³/mol. The molecule has 2 aliphatic heterocycles. The van der Waals surface area contributed by atoms with Crippen molar-refractivity contribution in [3.63, 3.8) is 0 Å². The summed E-state index contributed by atoms with van der Waals surface area (Å²) in [6.45, 7) is 8.53. The van der Waals surface area contributed by atoms with E-state index in [0.29, 0.717) is 12.1 Å². The molecule has 0 spiro atoms. The van der Waals surface area contributed by atoms with Crippen LogP contribution in [-0.2, 0) is 13.1 Å². The maximum atomic E-state index is 6.00. The molecule has 3 heterocycles. The van der Waals surface area contributed by atoms with Crippen molar-refractivity contribution < 1.29 is 0 Å². The number of aromatic nitrogens is 4. The summed E-state index contributed by atoms with van der Waals surface area (Å²) in [5, 5.41) is 12.1. The molecule has 2 N–H and O–H groups in total. The van der Waals surface area contributed by atoms with Crippen molar-refractivity contribution in [2.75, 3.05) is 26.2 Å². The monoisotopic (exact) mass is 293 g/mol. The van der Waals surface area contributed by atoms with Gasteiger partial charge in [0.2, 0.25) is 0 Å². The first kappa shape index (κ1) is 14.9. The average Bonchev–Trinajstić information content (AvgIpc) is 3.11. The van der Waals surface area contributed by atoms with E-state index in [-0.39, 0.29) is 0 Å². The Hall–Kier alpha value is -1.05. The first-order valence-electron chi connectivity index (χ1n) is 8.23. The number of piperidine rings is 1. The summed E-state index contributed by atoms with van der Waals surface area (Å²) in [5.41, 5.74) is 6.00. The van der Waals surface area contributed by atoms with Gasteiger partial charge in [0.15, 0.2) is 5.82 Å². The molecule has 21 heavy (non-hydrogen) atoms. The van der Waals surface area contributed by atoms with Gasteiger partial charge in [-0.25, -0.2) is 4.68 Å². The van der Waals surface area contributed by atoms with Crippen LogP contribution in [0.15, 0.2) is 0 Å². The topological polar surface area (TPSA) is 76.1 Å². The van der Waals surface area contributed by atoms with Crippen molar-refractivity contribution in [1.82, 2.24) is 30.0 Å². The normalized spacial score (nSPS) is 25.7. The second kappa shape index (κ2) is 6.81. The number of hydrogen-bond acceptors (Lipinski definition) is 6. The van der Waals surface area contributed by atoms with Crippen molar-refractivity contribution >= 4 is 0 Å². The van der Waals surface area contributed by atoms with E-state index < -0.39 is 0 Å². The van der Waals surface area contributed by atoms with Crippen molar-refractivity contribution in [3.8, 4) is 0 Å². The number of tetrazole rings is 1. The third kappa shape index (κ3) is 3.59. The van der Waals surface area contributed by atoms with Crippen LogP contribution >= 0.6 is 0 Å². The molecule has 2 fully saturated rings. The molecule has 1 aromatic heterocycles. The van der Waals surface area contributed by atoms with Crippen LogP contribution in [0.3, 0.4) is 0 Å². The minimum absolute atomic E-state index is 0.414. The van der Waals surface area contributed by atoms with E-state index in [0.717, 1.165) is 64.4 Å². The number of rotatable bonds is 5. The molecule has 0 aliphatic carbocycles. The molecule has 1 aromatic rings. The number of aryl methyl sites for hydroxylation is 1. The van der Waals surface area contributed by atoms with Gasteiger partial charge in [-0.05, 0) is 49.2 Å². The third-order valence-corrected chi connectivity index (χ3v) is 4.74. The van der Waals surface area contributed by atoms with E-state index in [2.05, 4.69) is 32.2 Å². The van der Waals surface area contributed by atoms with Crippen LogP contribution in [-0.4, -0.2) is 68.3 Å². The maximum absolute atomic E-state index is 6.00. The Morgan fingerprint density at radius 3 is 2.76 bits per heavy atom. The first-order chi connectivity index (χ1) is 10.3. The van der Waals surface area contributed by atoms with E-state index in [4.69, 9.17) is 5.73 Å². The molecule has 118 valence electrons. The summed E-state index contributed by atoms with van der Waals surface area (Å²) in [7, 11) is 0. The van der Waals surface area contributed by atoms with E-state index in [1.165, 1.54) is 6.42 Å². The molecule has 2 saturated heterocycles. The highest BCUT2D eigenvalue weighted by atomic mass is 15.5. The van der Waals surface area contributed by atoms with Gasteiger partial charge >= 0.3 is 0 Å². The summed E-state index contributed by atoms with van der Waals surface area (Å²) in [6.07, 6.45) is 4.61. The Labute approximate surface area is 126 Å². The SMILES string of the molecule is CCCn1nnnc1CN1CCC(N2CCC(N)CC2)C1. The summed E-state index contributed by atoms with van der Waals surface area (Å²) in [4.78, 5) is 5.11. The largest absolute Gasteiger partial charge is 0.328 e. The number of hydrogen-bond donors (Lipinski definition) is 1. The Kier molecular flexibility index (Phi) is 4.82.